The van der Waals surface area contributed by atoms with Gasteiger partial charge in [-0.05, 0) is 24.3 Å². The number of carbonyl (C=O) groups excluding carboxylic acids is 4. The molecule has 10 heteroatoms. The highest BCUT2D eigenvalue weighted by atomic mass is 16.5. The van der Waals surface area contributed by atoms with Gasteiger partial charge in [0.05, 0.1) is 50.5 Å². The number of imide groups is 2. The molecular formula is C26H28N4O6. The molecule has 3 heterocycles. The number of amides is 4. The standard InChI is InChI=1S/C26H28N4O6/c1-35-19-7-3-5-17(13-19)29-23(31)15-21(25(29)33)27-9-11-28(12-10-27)22-16-24(32)30(26(22)34)18-6-4-8-20(14-18)36-2/h3-8,13-14,21-22H,9-12,15-16H2,1-2H3/t21-,22-/m0/s1. The van der Waals surface area contributed by atoms with Crippen molar-refractivity contribution < 1.29 is 28.7 Å². The minimum absolute atomic E-state index is 0.112. The van der Waals surface area contributed by atoms with E-state index in [1.54, 1.807) is 48.5 Å². The van der Waals surface area contributed by atoms with E-state index < -0.39 is 12.1 Å². The Morgan fingerprint density at radius 1 is 0.639 bits per heavy atom. The zero-order chi connectivity index (χ0) is 25.4. The van der Waals surface area contributed by atoms with Crippen molar-refractivity contribution in [2.24, 2.45) is 0 Å². The van der Waals surface area contributed by atoms with Crippen LogP contribution in [0.1, 0.15) is 12.8 Å². The molecule has 0 radical (unpaired) electrons. The fourth-order valence-electron chi connectivity index (χ4n) is 5.20. The van der Waals surface area contributed by atoms with Crippen molar-refractivity contribution in [3.8, 4) is 11.5 Å². The first-order valence-corrected chi connectivity index (χ1v) is 11.9. The molecule has 0 spiro atoms. The highest BCUT2D eigenvalue weighted by Crippen LogP contribution is 2.31. The van der Waals surface area contributed by atoms with Crippen LogP contribution in [0, 0.1) is 0 Å². The number of benzene rings is 2. The van der Waals surface area contributed by atoms with Crippen LogP contribution in [0.2, 0.25) is 0 Å². The van der Waals surface area contributed by atoms with E-state index in [2.05, 4.69) is 0 Å². The fourth-order valence-corrected chi connectivity index (χ4v) is 5.20. The second kappa shape index (κ2) is 9.71. The van der Waals surface area contributed by atoms with Crippen LogP contribution in [0.25, 0.3) is 0 Å². The summed E-state index contributed by atoms with van der Waals surface area (Å²) in [6.45, 7) is 2.08. The summed E-state index contributed by atoms with van der Waals surface area (Å²) in [4.78, 5) is 58.3. The number of hydrogen-bond acceptors (Lipinski definition) is 8. The molecule has 3 aliphatic rings. The monoisotopic (exact) mass is 492 g/mol. The molecule has 0 bridgehead atoms. The number of carbonyl (C=O) groups is 4. The summed E-state index contributed by atoms with van der Waals surface area (Å²) in [5.74, 6) is 0.154. The Morgan fingerprint density at radius 3 is 1.39 bits per heavy atom. The van der Waals surface area contributed by atoms with Gasteiger partial charge in [-0.1, -0.05) is 12.1 Å². The van der Waals surface area contributed by atoms with E-state index >= 15 is 0 Å². The van der Waals surface area contributed by atoms with Crippen LogP contribution < -0.4 is 19.3 Å². The summed E-state index contributed by atoms with van der Waals surface area (Å²) in [6, 6.07) is 12.7. The van der Waals surface area contributed by atoms with Gasteiger partial charge in [0.15, 0.2) is 0 Å². The molecule has 5 rings (SSSR count). The van der Waals surface area contributed by atoms with Crippen molar-refractivity contribution in [2.75, 3.05) is 50.2 Å². The van der Waals surface area contributed by atoms with Crippen LogP contribution in [0.4, 0.5) is 11.4 Å². The minimum atomic E-state index is -0.542. The van der Waals surface area contributed by atoms with Crippen LogP contribution in [0.3, 0.4) is 0 Å². The average Bonchev–Trinajstić information content (AvgIpc) is 3.37. The van der Waals surface area contributed by atoms with Gasteiger partial charge in [0.1, 0.15) is 11.5 Å². The van der Waals surface area contributed by atoms with Crippen LogP contribution in [-0.2, 0) is 19.2 Å². The molecule has 2 aromatic rings. The second-order valence-electron chi connectivity index (χ2n) is 9.05. The first-order valence-electron chi connectivity index (χ1n) is 11.9. The third-order valence-corrected chi connectivity index (χ3v) is 7.10. The van der Waals surface area contributed by atoms with Gasteiger partial charge >= 0.3 is 0 Å². The third-order valence-electron chi connectivity index (χ3n) is 7.10. The molecule has 10 nitrogen and oxygen atoms in total. The van der Waals surface area contributed by atoms with Crippen molar-refractivity contribution in [3.63, 3.8) is 0 Å². The number of hydrogen-bond donors (Lipinski definition) is 0. The summed E-state index contributed by atoms with van der Waals surface area (Å²) in [5, 5.41) is 0. The van der Waals surface area contributed by atoms with Crippen molar-refractivity contribution in [1.82, 2.24) is 9.80 Å². The maximum absolute atomic E-state index is 13.2. The summed E-state index contributed by atoms with van der Waals surface area (Å²) >= 11 is 0. The van der Waals surface area contributed by atoms with E-state index in [4.69, 9.17) is 9.47 Å². The van der Waals surface area contributed by atoms with E-state index in [0.717, 1.165) is 0 Å². The molecule has 3 fully saturated rings. The van der Waals surface area contributed by atoms with Gasteiger partial charge in [-0.25, -0.2) is 9.80 Å². The van der Waals surface area contributed by atoms with Gasteiger partial charge in [0, 0.05) is 38.3 Å². The molecule has 2 atom stereocenters. The lowest BCUT2D eigenvalue weighted by atomic mass is 10.1. The Bertz CT molecular complexity index is 1110. The molecular weight excluding hydrogens is 464 g/mol. The van der Waals surface area contributed by atoms with Gasteiger partial charge in [0.25, 0.3) is 11.8 Å². The Balaban J connectivity index is 1.23. The smallest absolute Gasteiger partial charge is 0.251 e. The predicted octanol–water partition coefficient (Wildman–Crippen LogP) is 1.29. The molecule has 188 valence electrons. The number of nitrogens with zero attached hydrogens (tertiary/aromatic N) is 4. The minimum Gasteiger partial charge on any atom is -0.497 e. The van der Waals surface area contributed by atoms with Crippen molar-refractivity contribution in [2.45, 2.75) is 24.9 Å². The Morgan fingerprint density at radius 2 is 1.03 bits per heavy atom. The Hall–Kier alpha value is -3.76. The quantitative estimate of drug-likeness (QED) is 0.557. The number of ether oxygens (including phenoxy) is 2. The van der Waals surface area contributed by atoms with E-state index in [1.807, 2.05) is 9.80 Å². The van der Waals surface area contributed by atoms with E-state index in [-0.39, 0.29) is 36.5 Å². The lowest BCUT2D eigenvalue weighted by Gasteiger charge is -2.38. The summed E-state index contributed by atoms with van der Waals surface area (Å²) in [7, 11) is 3.07. The fraction of sp³-hybridized carbons (Fsp3) is 0.385. The summed E-state index contributed by atoms with van der Waals surface area (Å²) in [6.07, 6.45) is 0.223. The molecule has 0 aliphatic carbocycles. The van der Waals surface area contributed by atoms with Crippen molar-refractivity contribution in [3.05, 3.63) is 48.5 Å². The normalized spacial score (nSPS) is 23.6. The summed E-state index contributed by atoms with van der Waals surface area (Å²) < 4.78 is 10.5. The van der Waals surface area contributed by atoms with Crippen LogP contribution in [0.15, 0.2) is 48.5 Å². The molecule has 0 N–H and O–H groups in total. The molecule has 36 heavy (non-hydrogen) atoms. The topological polar surface area (TPSA) is 99.7 Å². The molecule has 3 saturated heterocycles. The second-order valence-corrected chi connectivity index (χ2v) is 9.05. The van der Waals surface area contributed by atoms with Gasteiger partial charge in [-0.15, -0.1) is 0 Å². The largest absolute Gasteiger partial charge is 0.497 e. The molecule has 2 aromatic carbocycles. The molecule has 3 aliphatic heterocycles. The molecule has 0 unspecified atom stereocenters. The predicted molar refractivity (Wildman–Crippen MR) is 131 cm³/mol. The Labute approximate surface area is 208 Å². The zero-order valence-electron chi connectivity index (χ0n) is 20.3. The van der Waals surface area contributed by atoms with Gasteiger partial charge < -0.3 is 9.47 Å². The lowest BCUT2D eigenvalue weighted by molar-refractivity contribution is -0.126. The van der Waals surface area contributed by atoms with Crippen molar-refractivity contribution >= 4 is 35.0 Å². The number of piperazine rings is 1. The zero-order valence-corrected chi connectivity index (χ0v) is 20.3. The van der Waals surface area contributed by atoms with Gasteiger partial charge in [-0.2, -0.15) is 0 Å². The average molecular weight is 493 g/mol. The first-order chi connectivity index (χ1) is 17.4. The van der Waals surface area contributed by atoms with E-state index in [0.29, 0.717) is 49.1 Å². The van der Waals surface area contributed by atoms with Gasteiger partial charge in [-0.3, -0.25) is 29.0 Å². The molecule has 0 aromatic heterocycles. The number of rotatable bonds is 6. The first kappa shape index (κ1) is 24.0. The van der Waals surface area contributed by atoms with E-state index in [9.17, 15) is 19.2 Å². The van der Waals surface area contributed by atoms with Crippen LogP contribution >= 0.6 is 0 Å². The SMILES string of the molecule is COc1cccc(N2C(=O)C[C@H](N3CCN([C@H]4CC(=O)N(c5cccc(OC)c5)C4=O)CC3)C2=O)c1. The summed E-state index contributed by atoms with van der Waals surface area (Å²) in [5.41, 5.74) is 0.997. The van der Waals surface area contributed by atoms with Gasteiger partial charge in [0.2, 0.25) is 11.8 Å². The molecule has 0 saturated carbocycles. The van der Waals surface area contributed by atoms with Crippen LogP contribution in [-0.4, -0.2) is 85.9 Å². The number of anilines is 2. The molecule has 4 amide bonds. The highest BCUT2D eigenvalue weighted by Gasteiger charge is 2.46. The van der Waals surface area contributed by atoms with E-state index in [1.165, 1.54) is 24.0 Å². The lowest BCUT2D eigenvalue weighted by Crippen LogP contribution is -2.56. The highest BCUT2D eigenvalue weighted by molar-refractivity contribution is 6.23. The maximum atomic E-state index is 13.2. The Kier molecular flexibility index (Phi) is 6.46. The maximum Gasteiger partial charge on any atom is 0.251 e. The number of methoxy groups -OCH3 is 2. The van der Waals surface area contributed by atoms with Crippen molar-refractivity contribution in [1.29, 1.82) is 0 Å². The third kappa shape index (κ3) is 4.22. The van der Waals surface area contributed by atoms with Crippen LogP contribution in [0.5, 0.6) is 11.5 Å².